The molecule has 0 unspecified atom stereocenters. The topological polar surface area (TPSA) is 59.0 Å². The molecule has 1 N–H and O–H groups in total. The van der Waals surface area contributed by atoms with Crippen molar-refractivity contribution in [3.8, 4) is 0 Å². The summed E-state index contributed by atoms with van der Waals surface area (Å²) >= 11 is 0. The quantitative estimate of drug-likeness (QED) is 0.569. The van der Waals surface area contributed by atoms with Gasteiger partial charge < -0.3 is 19.5 Å². The van der Waals surface area contributed by atoms with Gasteiger partial charge in [-0.25, -0.2) is 4.79 Å². The average molecular weight is 175 g/mol. The van der Waals surface area contributed by atoms with Gasteiger partial charge in [-0.05, 0) is 0 Å². The molecule has 1 fully saturated rings. The standard InChI is InChI=1S/C7H13NO4/c9-3-6-11-4-1-8-2-5-12-7(8)10/h9H,1-6H2. The van der Waals surface area contributed by atoms with Crippen LogP contribution in [0.1, 0.15) is 0 Å². The largest absolute Gasteiger partial charge is 0.448 e. The Morgan fingerprint density at radius 2 is 2.42 bits per heavy atom. The van der Waals surface area contributed by atoms with Crippen LogP contribution < -0.4 is 0 Å². The summed E-state index contributed by atoms with van der Waals surface area (Å²) in [7, 11) is 0. The van der Waals surface area contributed by atoms with Crippen LogP contribution >= 0.6 is 0 Å². The van der Waals surface area contributed by atoms with Crippen LogP contribution in [0.25, 0.3) is 0 Å². The number of amides is 1. The summed E-state index contributed by atoms with van der Waals surface area (Å²) in [6.07, 6.45) is -0.275. The Morgan fingerprint density at radius 3 is 3.00 bits per heavy atom. The van der Waals surface area contributed by atoms with Crippen LogP contribution in [-0.4, -0.2) is 55.6 Å². The molecule has 1 rings (SSSR count). The number of aliphatic hydroxyl groups is 1. The van der Waals surface area contributed by atoms with Crippen LogP contribution in [-0.2, 0) is 9.47 Å². The van der Waals surface area contributed by atoms with Crippen molar-refractivity contribution in [1.29, 1.82) is 0 Å². The number of cyclic esters (lactones) is 1. The minimum Gasteiger partial charge on any atom is -0.448 e. The zero-order valence-electron chi connectivity index (χ0n) is 6.86. The van der Waals surface area contributed by atoms with Crippen molar-refractivity contribution in [2.24, 2.45) is 0 Å². The zero-order valence-corrected chi connectivity index (χ0v) is 6.86. The molecule has 1 aliphatic rings. The van der Waals surface area contributed by atoms with Gasteiger partial charge in [0.1, 0.15) is 6.61 Å². The summed E-state index contributed by atoms with van der Waals surface area (Å²) in [6, 6.07) is 0. The Bertz CT molecular complexity index is 150. The van der Waals surface area contributed by atoms with Gasteiger partial charge in [-0.3, -0.25) is 0 Å². The van der Waals surface area contributed by atoms with E-state index < -0.39 is 0 Å². The molecule has 70 valence electrons. The highest BCUT2D eigenvalue weighted by atomic mass is 16.6. The van der Waals surface area contributed by atoms with Crippen molar-refractivity contribution < 1.29 is 19.4 Å². The average Bonchev–Trinajstić information content (AvgIpc) is 2.46. The van der Waals surface area contributed by atoms with E-state index in [1.807, 2.05) is 0 Å². The highest BCUT2D eigenvalue weighted by molar-refractivity contribution is 5.69. The zero-order chi connectivity index (χ0) is 8.81. The first-order valence-electron chi connectivity index (χ1n) is 3.95. The van der Waals surface area contributed by atoms with Gasteiger partial charge in [0.05, 0.1) is 26.4 Å². The molecule has 0 atom stereocenters. The third-order valence-electron chi connectivity index (χ3n) is 1.59. The van der Waals surface area contributed by atoms with Crippen LogP contribution in [0.2, 0.25) is 0 Å². The van der Waals surface area contributed by atoms with Crippen LogP contribution in [0, 0.1) is 0 Å². The lowest BCUT2D eigenvalue weighted by Crippen LogP contribution is -2.28. The smallest absolute Gasteiger partial charge is 0.410 e. The number of ether oxygens (including phenoxy) is 2. The maximum Gasteiger partial charge on any atom is 0.410 e. The first kappa shape index (κ1) is 9.28. The van der Waals surface area contributed by atoms with E-state index in [9.17, 15) is 4.79 Å². The second-order valence-electron chi connectivity index (χ2n) is 2.44. The number of nitrogens with zero attached hydrogens (tertiary/aromatic N) is 1. The van der Waals surface area contributed by atoms with E-state index in [4.69, 9.17) is 14.6 Å². The molecule has 1 aliphatic heterocycles. The van der Waals surface area contributed by atoms with E-state index in [1.54, 1.807) is 4.90 Å². The predicted octanol–water partition coefficient (Wildman–Crippen LogP) is -0.553. The first-order valence-corrected chi connectivity index (χ1v) is 3.95. The molecule has 5 nitrogen and oxygen atoms in total. The monoisotopic (exact) mass is 175 g/mol. The van der Waals surface area contributed by atoms with Gasteiger partial charge >= 0.3 is 6.09 Å². The van der Waals surface area contributed by atoms with Gasteiger partial charge in [-0.1, -0.05) is 0 Å². The van der Waals surface area contributed by atoms with E-state index in [2.05, 4.69) is 0 Å². The molecule has 0 radical (unpaired) electrons. The number of carbonyl (C=O) groups excluding carboxylic acids is 1. The highest BCUT2D eigenvalue weighted by Crippen LogP contribution is 2.01. The van der Waals surface area contributed by atoms with Crippen LogP contribution in [0.5, 0.6) is 0 Å². The number of carbonyl (C=O) groups is 1. The third kappa shape index (κ3) is 2.67. The van der Waals surface area contributed by atoms with Crippen molar-refractivity contribution in [3.63, 3.8) is 0 Å². The molecular weight excluding hydrogens is 162 g/mol. The Hall–Kier alpha value is -0.810. The lowest BCUT2D eigenvalue weighted by molar-refractivity contribution is 0.0797. The van der Waals surface area contributed by atoms with Crippen molar-refractivity contribution >= 4 is 6.09 Å². The van der Waals surface area contributed by atoms with Crippen molar-refractivity contribution in [1.82, 2.24) is 4.90 Å². The van der Waals surface area contributed by atoms with Gasteiger partial charge in [-0.15, -0.1) is 0 Å². The molecule has 0 spiro atoms. The maximum absolute atomic E-state index is 10.8. The van der Waals surface area contributed by atoms with E-state index in [1.165, 1.54) is 0 Å². The van der Waals surface area contributed by atoms with E-state index in [0.29, 0.717) is 32.9 Å². The summed E-state index contributed by atoms with van der Waals surface area (Å²) in [4.78, 5) is 12.4. The second-order valence-corrected chi connectivity index (χ2v) is 2.44. The van der Waals surface area contributed by atoms with Crippen molar-refractivity contribution in [3.05, 3.63) is 0 Å². The fraction of sp³-hybridized carbons (Fsp3) is 0.857. The molecule has 0 aromatic carbocycles. The van der Waals surface area contributed by atoms with Gasteiger partial charge in [0, 0.05) is 6.54 Å². The molecule has 0 saturated carbocycles. The number of aliphatic hydroxyl groups excluding tert-OH is 1. The minimum atomic E-state index is -0.275. The lowest BCUT2D eigenvalue weighted by Gasteiger charge is -2.11. The van der Waals surface area contributed by atoms with Crippen LogP contribution in [0.15, 0.2) is 0 Å². The Labute approximate surface area is 70.9 Å². The number of rotatable bonds is 5. The van der Waals surface area contributed by atoms with E-state index >= 15 is 0 Å². The fourth-order valence-electron chi connectivity index (χ4n) is 0.970. The van der Waals surface area contributed by atoms with E-state index in [-0.39, 0.29) is 12.7 Å². The number of hydrogen-bond acceptors (Lipinski definition) is 4. The Balaban J connectivity index is 2.02. The second kappa shape index (κ2) is 4.95. The summed E-state index contributed by atoms with van der Waals surface area (Å²) in [5, 5.41) is 8.38. The van der Waals surface area contributed by atoms with Gasteiger partial charge in [0.15, 0.2) is 0 Å². The molecule has 0 aromatic rings. The molecule has 1 heterocycles. The van der Waals surface area contributed by atoms with Gasteiger partial charge in [0.25, 0.3) is 0 Å². The molecule has 12 heavy (non-hydrogen) atoms. The molecule has 0 aromatic heterocycles. The molecule has 1 saturated heterocycles. The third-order valence-corrected chi connectivity index (χ3v) is 1.59. The maximum atomic E-state index is 10.8. The Morgan fingerprint density at radius 1 is 1.58 bits per heavy atom. The van der Waals surface area contributed by atoms with E-state index in [0.717, 1.165) is 0 Å². The lowest BCUT2D eigenvalue weighted by atomic mass is 10.5. The molecule has 0 aliphatic carbocycles. The van der Waals surface area contributed by atoms with Crippen LogP contribution in [0.3, 0.4) is 0 Å². The van der Waals surface area contributed by atoms with Crippen molar-refractivity contribution in [2.75, 3.05) is 39.5 Å². The van der Waals surface area contributed by atoms with Gasteiger partial charge in [0.2, 0.25) is 0 Å². The minimum absolute atomic E-state index is 0.0183. The Kier molecular flexibility index (Phi) is 3.83. The highest BCUT2D eigenvalue weighted by Gasteiger charge is 2.20. The molecule has 5 heteroatoms. The summed E-state index contributed by atoms with van der Waals surface area (Å²) in [5.74, 6) is 0. The normalized spacial score (nSPS) is 16.8. The summed E-state index contributed by atoms with van der Waals surface area (Å²) < 4.78 is 9.70. The molecular formula is C7H13NO4. The van der Waals surface area contributed by atoms with Crippen molar-refractivity contribution in [2.45, 2.75) is 0 Å². The number of hydrogen-bond donors (Lipinski definition) is 1. The fourth-order valence-corrected chi connectivity index (χ4v) is 0.970. The van der Waals surface area contributed by atoms with Gasteiger partial charge in [-0.2, -0.15) is 0 Å². The summed E-state index contributed by atoms with van der Waals surface area (Å²) in [5.41, 5.74) is 0. The molecule has 1 amide bonds. The first-order chi connectivity index (χ1) is 5.84. The van der Waals surface area contributed by atoms with Crippen LogP contribution in [0.4, 0.5) is 4.79 Å². The SMILES string of the molecule is O=C1OCCN1CCOCCO. The summed E-state index contributed by atoms with van der Waals surface area (Å²) in [6.45, 7) is 2.45. The molecule has 0 bridgehead atoms. The predicted molar refractivity (Wildman–Crippen MR) is 40.8 cm³/mol.